The maximum atomic E-state index is 5.91. The maximum Gasteiger partial charge on any atom is 0.128 e. The number of hydrogen-bond donors (Lipinski definition) is 1. The minimum Gasteiger partial charge on any atom is -0.457 e. The molecule has 3 heteroatoms. The third kappa shape index (κ3) is 3.84. The van der Waals surface area contributed by atoms with Gasteiger partial charge >= 0.3 is 0 Å². The summed E-state index contributed by atoms with van der Waals surface area (Å²) in [6.45, 7) is 8.13. The Morgan fingerprint density at radius 3 is 2.15 bits per heavy atom. The molecule has 0 fully saturated rings. The zero-order chi connectivity index (χ0) is 14.5. The normalized spacial score (nSPS) is 10.6. The van der Waals surface area contributed by atoms with Crippen molar-refractivity contribution in [2.75, 3.05) is 6.54 Å². The molecule has 0 radical (unpaired) electrons. The fraction of sp³-hybridized carbons (Fsp3) is 0.294. The van der Waals surface area contributed by atoms with Crippen LogP contribution in [0, 0.1) is 13.8 Å². The van der Waals surface area contributed by atoms with Crippen molar-refractivity contribution in [1.82, 2.24) is 5.32 Å². The molecular formula is C17H20BrNO. The zero-order valence-electron chi connectivity index (χ0n) is 12.2. The highest BCUT2D eigenvalue weighted by Gasteiger charge is 2.04. The van der Waals surface area contributed by atoms with E-state index >= 15 is 0 Å². The summed E-state index contributed by atoms with van der Waals surface area (Å²) < 4.78 is 7.06. The molecule has 0 aromatic heterocycles. The summed E-state index contributed by atoms with van der Waals surface area (Å²) in [4.78, 5) is 0. The van der Waals surface area contributed by atoms with Crippen LogP contribution in [0.15, 0.2) is 40.9 Å². The summed E-state index contributed by atoms with van der Waals surface area (Å²) in [7, 11) is 0. The van der Waals surface area contributed by atoms with E-state index in [4.69, 9.17) is 4.74 Å². The summed E-state index contributed by atoms with van der Waals surface area (Å²) in [6, 6.07) is 12.3. The van der Waals surface area contributed by atoms with E-state index in [0.717, 1.165) is 29.1 Å². The second kappa shape index (κ2) is 6.91. The third-order valence-corrected chi connectivity index (χ3v) is 4.40. The van der Waals surface area contributed by atoms with Gasteiger partial charge in [0, 0.05) is 11.0 Å². The largest absolute Gasteiger partial charge is 0.457 e. The van der Waals surface area contributed by atoms with Gasteiger partial charge in [-0.05, 0) is 61.3 Å². The molecular weight excluding hydrogens is 314 g/mol. The topological polar surface area (TPSA) is 21.3 Å². The molecule has 0 spiro atoms. The molecule has 106 valence electrons. The second-order valence-corrected chi connectivity index (χ2v) is 5.69. The van der Waals surface area contributed by atoms with Crippen LogP contribution in [-0.4, -0.2) is 6.54 Å². The van der Waals surface area contributed by atoms with Gasteiger partial charge in [0.25, 0.3) is 0 Å². The SMILES string of the molecule is CCNCc1ccc(Oc2cc(C)c(Br)c(C)c2)cc1. The predicted octanol–water partition coefficient (Wildman–Crippen LogP) is 4.97. The number of nitrogens with one attached hydrogen (secondary N) is 1. The van der Waals surface area contributed by atoms with Crippen molar-refractivity contribution in [3.05, 3.63) is 57.6 Å². The molecule has 0 amide bonds. The minimum absolute atomic E-state index is 0.867. The van der Waals surface area contributed by atoms with Crippen LogP contribution in [-0.2, 0) is 6.54 Å². The Bertz CT molecular complexity index is 555. The van der Waals surface area contributed by atoms with Crippen LogP contribution in [0.2, 0.25) is 0 Å². The number of aryl methyl sites for hydroxylation is 2. The lowest BCUT2D eigenvalue weighted by Crippen LogP contribution is -2.11. The van der Waals surface area contributed by atoms with Crippen molar-refractivity contribution in [3.63, 3.8) is 0 Å². The summed E-state index contributed by atoms with van der Waals surface area (Å²) in [6.07, 6.45) is 0. The Kier molecular flexibility index (Phi) is 5.21. The van der Waals surface area contributed by atoms with Gasteiger partial charge < -0.3 is 10.1 Å². The summed E-state index contributed by atoms with van der Waals surface area (Å²) in [5.41, 5.74) is 3.63. The van der Waals surface area contributed by atoms with Gasteiger partial charge in [-0.25, -0.2) is 0 Å². The second-order valence-electron chi connectivity index (χ2n) is 4.90. The highest BCUT2D eigenvalue weighted by molar-refractivity contribution is 9.10. The van der Waals surface area contributed by atoms with Gasteiger partial charge in [-0.2, -0.15) is 0 Å². The average Bonchev–Trinajstić information content (AvgIpc) is 2.44. The van der Waals surface area contributed by atoms with Crippen LogP contribution in [0.5, 0.6) is 11.5 Å². The van der Waals surface area contributed by atoms with E-state index in [0.29, 0.717) is 0 Å². The van der Waals surface area contributed by atoms with Crippen LogP contribution >= 0.6 is 15.9 Å². The standard InChI is InChI=1S/C17H20BrNO/c1-4-19-11-14-5-7-15(8-6-14)20-16-9-12(2)17(18)13(3)10-16/h5-10,19H,4,11H2,1-3H3. The number of benzene rings is 2. The fourth-order valence-corrected chi connectivity index (χ4v) is 2.27. The average molecular weight is 334 g/mol. The lowest BCUT2D eigenvalue weighted by Gasteiger charge is -2.10. The number of halogens is 1. The molecule has 20 heavy (non-hydrogen) atoms. The van der Waals surface area contributed by atoms with E-state index in [1.807, 2.05) is 24.3 Å². The van der Waals surface area contributed by atoms with Crippen molar-refractivity contribution < 1.29 is 4.74 Å². The van der Waals surface area contributed by atoms with Crippen LogP contribution in [0.4, 0.5) is 0 Å². The van der Waals surface area contributed by atoms with Crippen molar-refractivity contribution in [3.8, 4) is 11.5 Å². The van der Waals surface area contributed by atoms with E-state index in [9.17, 15) is 0 Å². The minimum atomic E-state index is 0.867. The van der Waals surface area contributed by atoms with E-state index in [-0.39, 0.29) is 0 Å². The number of hydrogen-bond acceptors (Lipinski definition) is 2. The molecule has 2 aromatic rings. The molecule has 0 atom stereocenters. The molecule has 2 rings (SSSR count). The molecule has 0 heterocycles. The van der Waals surface area contributed by atoms with Gasteiger partial charge in [0.15, 0.2) is 0 Å². The van der Waals surface area contributed by atoms with Gasteiger partial charge in [-0.3, -0.25) is 0 Å². The number of ether oxygens (including phenoxy) is 1. The predicted molar refractivity (Wildman–Crippen MR) is 87.5 cm³/mol. The first-order valence-corrected chi connectivity index (χ1v) is 7.63. The van der Waals surface area contributed by atoms with Gasteiger partial charge in [0.05, 0.1) is 0 Å². The monoisotopic (exact) mass is 333 g/mol. The molecule has 0 bridgehead atoms. The van der Waals surface area contributed by atoms with Crippen LogP contribution in [0.3, 0.4) is 0 Å². The van der Waals surface area contributed by atoms with E-state index in [1.54, 1.807) is 0 Å². The van der Waals surface area contributed by atoms with Gasteiger partial charge in [0.2, 0.25) is 0 Å². The lowest BCUT2D eigenvalue weighted by atomic mass is 10.1. The summed E-state index contributed by atoms with van der Waals surface area (Å²) in [5, 5.41) is 3.31. The Labute approximate surface area is 129 Å². The smallest absolute Gasteiger partial charge is 0.128 e. The highest BCUT2D eigenvalue weighted by atomic mass is 79.9. The molecule has 2 nitrogen and oxygen atoms in total. The lowest BCUT2D eigenvalue weighted by molar-refractivity contribution is 0.481. The van der Waals surface area contributed by atoms with Gasteiger partial charge in [-0.1, -0.05) is 35.0 Å². The molecule has 1 N–H and O–H groups in total. The molecule has 0 unspecified atom stereocenters. The Morgan fingerprint density at radius 2 is 1.60 bits per heavy atom. The van der Waals surface area contributed by atoms with Crippen molar-refractivity contribution >= 4 is 15.9 Å². The molecule has 0 aliphatic heterocycles. The molecule has 2 aromatic carbocycles. The third-order valence-electron chi connectivity index (χ3n) is 3.15. The first-order valence-electron chi connectivity index (χ1n) is 6.84. The first kappa shape index (κ1) is 15.1. The van der Waals surface area contributed by atoms with E-state index < -0.39 is 0 Å². The summed E-state index contributed by atoms with van der Waals surface area (Å²) in [5.74, 6) is 1.74. The summed E-state index contributed by atoms with van der Waals surface area (Å²) >= 11 is 3.57. The first-order chi connectivity index (χ1) is 9.60. The zero-order valence-corrected chi connectivity index (χ0v) is 13.8. The number of rotatable bonds is 5. The van der Waals surface area contributed by atoms with Crippen LogP contribution < -0.4 is 10.1 Å². The Balaban J connectivity index is 2.10. The molecule has 0 aliphatic rings. The van der Waals surface area contributed by atoms with Crippen LogP contribution in [0.1, 0.15) is 23.6 Å². The van der Waals surface area contributed by atoms with Gasteiger partial charge in [-0.15, -0.1) is 0 Å². The molecule has 0 saturated heterocycles. The quantitative estimate of drug-likeness (QED) is 0.834. The fourth-order valence-electron chi connectivity index (χ4n) is 2.05. The Hall–Kier alpha value is -1.32. The van der Waals surface area contributed by atoms with Gasteiger partial charge in [0.1, 0.15) is 11.5 Å². The van der Waals surface area contributed by atoms with Crippen LogP contribution in [0.25, 0.3) is 0 Å². The molecule has 0 aliphatic carbocycles. The van der Waals surface area contributed by atoms with Crippen molar-refractivity contribution in [1.29, 1.82) is 0 Å². The maximum absolute atomic E-state index is 5.91. The van der Waals surface area contributed by atoms with Crippen molar-refractivity contribution in [2.24, 2.45) is 0 Å². The van der Waals surface area contributed by atoms with E-state index in [2.05, 4.69) is 54.2 Å². The van der Waals surface area contributed by atoms with E-state index in [1.165, 1.54) is 16.7 Å². The van der Waals surface area contributed by atoms with Crippen molar-refractivity contribution in [2.45, 2.75) is 27.3 Å². The Morgan fingerprint density at radius 1 is 1.00 bits per heavy atom. The highest BCUT2D eigenvalue weighted by Crippen LogP contribution is 2.29. The molecule has 0 saturated carbocycles.